The van der Waals surface area contributed by atoms with Gasteiger partial charge >= 0.3 is 0 Å². The molecule has 0 bridgehead atoms. The minimum absolute atomic E-state index is 0.0570. The zero-order valence-corrected chi connectivity index (χ0v) is 13.8. The molecule has 0 saturated heterocycles. The number of rotatable bonds is 4. The summed E-state index contributed by atoms with van der Waals surface area (Å²) in [5.41, 5.74) is 0.437. The number of nitrogens with one attached hydrogen (secondary N) is 1. The molecule has 1 N–H and O–H groups in total. The van der Waals surface area contributed by atoms with Crippen LogP contribution in [0.2, 0.25) is 0 Å². The van der Waals surface area contributed by atoms with Gasteiger partial charge in [0.25, 0.3) is 5.16 Å². The summed E-state index contributed by atoms with van der Waals surface area (Å²) < 4.78 is 26.3. The maximum absolute atomic E-state index is 12.5. The predicted molar refractivity (Wildman–Crippen MR) is 84.6 cm³/mol. The molecule has 0 radical (unpaired) electrons. The number of nitrogens with zero attached hydrogens (tertiary/aromatic N) is 3. The molecular weight excluding hydrogens is 316 g/mol. The third-order valence-corrected chi connectivity index (χ3v) is 5.82. The van der Waals surface area contributed by atoms with Crippen LogP contribution in [0.3, 0.4) is 0 Å². The number of sulfone groups is 1. The first kappa shape index (κ1) is 15.9. The molecule has 2 atom stereocenters. The van der Waals surface area contributed by atoms with Crippen LogP contribution in [0.5, 0.6) is 0 Å². The molecule has 124 valence electrons. The van der Waals surface area contributed by atoms with Gasteiger partial charge in [-0.3, -0.25) is 9.20 Å². The molecule has 23 heavy (non-hydrogen) atoms. The minimum Gasteiger partial charge on any atom is -0.352 e. The van der Waals surface area contributed by atoms with E-state index < -0.39 is 21.5 Å². The highest BCUT2D eigenvalue weighted by molar-refractivity contribution is 7.91. The van der Waals surface area contributed by atoms with Crippen molar-refractivity contribution >= 4 is 21.4 Å². The van der Waals surface area contributed by atoms with Gasteiger partial charge in [0.15, 0.2) is 5.65 Å². The second-order valence-corrected chi connectivity index (χ2v) is 7.99. The molecular formula is C15H20N4O3S. The molecule has 2 heterocycles. The lowest BCUT2D eigenvalue weighted by Gasteiger charge is -2.29. The number of hydrogen-bond acceptors (Lipinski definition) is 5. The Bertz CT molecular complexity index is 815. The highest BCUT2D eigenvalue weighted by atomic mass is 32.2. The third-order valence-electron chi connectivity index (χ3n) is 4.34. The Labute approximate surface area is 135 Å². The van der Waals surface area contributed by atoms with Crippen molar-refractivity contribution in [1.29, 1.82) is 0 Å². The van der Waals surface area contributed by atoms with Crippen molar-refractivity contribution in [1.82, 2.24) is 19.9 Å². The zero-order valence-electron chi connectivity index (χ0n) is 13.0. The summed E-state index contributed by atoms with van der Waals surface area (Å²) in [6.45, 7) is 2.09. The lowest BCUT2D eigenvalue weighted by Crippen LogP contribution is -2.43. The summed E-state index contributed by atoms with van der Waals surface area (Å²) in [7, 11) is -3.83. The van der Waals surface area contributed by atoms with E-state index in [1.807, 2.05) is 0 Å². The van der Waals surface area contributed by atoms with E-state index in [9.17, 15) is 13.2 Å². The van der Waals surface area contributed by atoms with Crippen LogP contribution in [-0.4, -0.2) is 40.7 Å². The van der Waals surface area contributed by atoms with Crippen molar-refractivity contribution < 1.29 is 13.2 Å². The van der Waals surface area contributed by atoms with E-state index in [2.05, 4.69) is 22.4 Å². The van der Waals surface area contributed by atoms with Crippen molar-refractivity contribution in [2.24, 2.45) is 5.92 Å². The number of carbonyl (C=O) groups is 1. The van der Waals surface area contributed by atoms with Gasteiger partial charge in [-0.05, 0) is 30.9 Å². The average Bonchev–Trinajstić information content (AvgIpc) is 2.94. The Morgan fingerprint density at radius 1 is 1.30 bits per heavy atom. The first-order valence-corrected chi connectivity index (χ1v) is 9.44. The van der Waals surface area contributed by atoms with E-state index >= 15 is 0 Å². The van der Waals surface area contributed by atoms with Crippen molar-refractivity contribution in [3.8, 4) is 0 Å². The normalized spacial score (nSPS) is 22.1. The Balaban J connectivity index is 1.74. The Morgan fingerprint density at radius 3 is 2.87 bits per heavy atom. The molecule has 2 aromatic rings. The van der Waals surface area contributed by atoms with Crippen LogP contribution in [-0.2, 0) is 14.6 Å². The second-order valence-electron chi connectivity index (χ2n) is 6.11. The number of pyridine rings is 1. The highest BCUT2D eigenvalue weighted by Gasteiger charge is 2.28. The number of carbonyl (C=O) groups excluding carboxylic acids is 1. The molecule has 0 aliphatic heterocycles. The summed E-state index contributed by atoms with van der Waals surface area (Å²) in [5.74, 6) is -0.702. The average molecular weight is 336 g/mol. The van der Waals surface area contributed by atoms with E-state index in [0.717, 1.165) is 25.7 Å². The van der Waals surface area contributed by atoms with Crippen LogP contribution in [0.1, 0.15) is 32.6 Å². The molecule has 7 nitrogen and oxygen atoms in total. The standard InChI is InChI=1S/C15H20N4O3S/c1-11-6-2-3-7-12(11)16-14(20)10-23(21,22)15-18-17-13-8-4-5-9-19(13)15/h4-5,8-9,11-12H,2-3,6-7,10H2,1H3,(H,16,20)/t11-,12+/m1/s1. The molecule has 0 spiro atoms. The number of aromatic nitrogens is 3. The minimum atomic E-state index is -3.83. The summed E-state index contributed by atoms with van der Waals surface area (Å²) >= 11 is 0. The molecule has 0 aromatic carbocycles. The van der Waals surface area contributed by atoms with Gasteiger partial charge in [-0.1, -0.05) is 25.8 Å². The lowest BCUT2D eigenvalue weighted by atomic mass is 9.86. The summed E-state index contributed by atoms with van der Waals surface area (Å²) in [6, 6.07) is 5.16. The van der Waals surface area contributed by atoms with Crippen LogP contribution in [0, 0.1) is 5.92 Å². The van der Waals surface area contributed by atoms with Crippen LogP contribution in [0.25, 0.3) is 5.65 Å². The van der Waals surface area contributed by atoms with Gasteiger partial charge in [0.1, 0.15) is 5.75 Å². The number of fused-ring (bicyclic) bond motifs is 1. The molecule has 1 aliphatic rings. The van der Waals surface area contributed by atoms with E-state index in [4.69, 9.17) is 0 Å². The van der Waals surface area contributed by atoms with Crippen LogP contribution < -0.4 is 5.32 Å². The van der Waals surface area contributed by atoms with Crippen molar-refractivity contribution in [3.05, 3.63) is 24.4 Å². The van der Waals surface area contributed by atoms with Crippen LogP contribution >= 0.6 is 0 Å². The fourth-order valence-corrected chi connectivity index (χ4v) is 4.22. The number of hydrogen-bond donors (Lipinski definition) is 1. The van der Waals surface area contributed by atoms with Crippen LogP contribution in [0.4, 0.5) is 0 Å². The first-order chi connectivity index (χ1) is 11.0. The van der Waals surface area contributed by atoms with Gasteiger partial charge in [0.05, 0.1) is 0 Å². The fraction of sp³-hybridized carbons (Fsp3) is 0.533. The van der Waals surface area contributed by atoms with Crippen molar-refractivity contribution in [3.63, 3.8) is 0 Å². The van der Waals surface area contributed by atoms with E-state index in [1.54, 1.807) is 24.4 Å². The monoisotopic (exact) mass is 336 g/mol. The molecule has 1 amide bonds. The molecule has 8 heteroatoms. The van der Waals surface area contributed by atoms with Crippen LogP contribution in [0.15, 0.2) is 29.6 Å². The van der Waals surface area contributed by atoms with Crippen molar-refractivity contribution in [2.75, 3.05) is 5.75 Å². The smallest absolute Gasteiger partial charge is 0.254 e. The van der Waals surface area contributed by atoms with E-state index in [1.165, 1.54) is 4.40 Å². The van der Waals surface area contributed by atoms with E-state index in [0.29, 0.717) is 11.6 Å². The van der Waals surface area contributed by atoms with Gasteiger partial charge in [0.2, 0.25) is 15.7 Å². The maximum Gasteiger partial charge on any atom is 0.254 e. The predicted octanol–water partition coefficient (Wildman–Crippen LogP) is 1.20. The molecule has 1 aliphatic carbocycles. The SMILES string of the molecule is C[C@@H]1CCCC[C@@H]1NC(=O)CS(=O)(=O)c1nnc2ccccn12. The van der Waals surface area contributed by atoms with Gasteiger partial charge < -0.3 is 5.32 Å². The largest absolute Gasteiger partial charge is 0.352 e. The maximum atomic E-state index is 12.5. The summed E-state index contributed by atoms with van der Waals surface area (Å²) in [4.78, 5) is 12.2. The van der Waals surface area contributed by atoms with E-state index in [-0.39, 0.29) is 11.2 Å². The summed E-state index contributed by atoms with van der Waals surface area (Å²) in [6.07, 6.45) is 5.77. The Hall–Kier alpha value is -1.96. The Kier molecular flexibility index (Phi) is 4.34. The lowest BCUT2D eigenvalue weighted by molar-refractivity contribution is -0.119. The molecule has 1 fully saturated rings. The van der Waals surface area contributed by atoms with Gasteiger partial charge in [-0.15, -0.1) is 10.2 Å². The topological polar surface area (TPSA) is 93.4 Å². The summed E-state index contributed by atoms with van der Waals surface area (Å²) in [5, 5.41) is 10.2. The molecule has 1 saturated carbocycles. The first-order valence-electron chi connectivity index (χ1n) is 7.79. The number of amides is 1. The molecule has 3 rings (SSSR count). The Morgan fingerprint density at radius 2 is 2.09 bits per heavy atom. The zero-order chi connectivity index (χ0) is 16.4. The highest BCUT2D eigenvalue weighted by Crippen LogP contribution is 2.23. The second kappa shape index (κ2) is 6.27. The molecule has 2 aromatic heterocycles. The van der Waals surface area contributed by atoms with Crippen molar-refractivity contribution in [2.45, 2.75) is 43.8 Å². The van der Waals surface area contributed by atoms with Gasteiger partial charge in [0, 0.05) is 12.2 Å². The van der Waals surface area contributed by atoms with Gasteiger partial charge in [-0.2, -0.15) is 0 Å². The fourth-order valence-electron chi connectivity index (χ4n) is 3.05. The quantitative estimate of drug-likeness (QED) is 0.905. The van der Waals surface area contributed by atoms with Gasteiger partial charge in [-0.25, -0.2) is 8.42 Å². The molecule has 0 unspecified atom stereocenters. The third kappa shape index (κ3) is 3.36.